The van der Waals surface area contributed by atoms with Gasteiger partial charge in [-0.15, -0.1) is 0 Å². The Balaban J connectivity index is 2.10. The molecule has 1 fully saturated rings. The molecule has 1 saturated carbocycles. The SMILES string of the molecule is CC1CCC(NS(=O)(=O)c2ncn(C)c2Cl)CC1. The maximum atomic E-state index is 12.1. The van der Waals surface area contributed by atoms with Crippen LogP contribution in [0.15, 0.2) is 11.4 Å². The lowest BCUT2D eigenvalue weighted by molar-refractivity contribution is 0.332. The number of imidazole rings is 1. The molecule has 5 nitrogen and oxygen atoms in total. The summed E-state index contributed by atoms with van der Waals surface area (Å²) in [6, 6.07) is 0.00396. The Morgan fingerprint density at radius 1 is 1.39 bits per heavy atom. The van der Waals surface area contributed by atoms with Crippen molar-refractivity contribution in [3.63, 3.8) is 0 Å². The van der Waals surface area contributed by atoms with Gasteiger partial charge in [-0.2, -0.15) is 0 Å². The maximum absolute atomic E-state index is 12.1. The fourth-order valence-electron chi connectivity index (χ4n) is 2.23. The van der Waals surface area contributed by atoms with Crippen molar-refractivity contribution in [3.05, 3.63) is 11.5 Å². The number of aromatic nitrogens is 2. The number of aryl methyl sites for hydroxylation is 1. The molecule has 0 spiro atoms. The first-order chi connectivity index (χ1) is 8.40. The van der Waals surface area contributed by atoms with E-state index in [1.54, 1.807) is 7.05 Å². The van der Waals surface area contributed by atoms with Crippen molar-refractivity contribution < 1.29 is 8.42 Å². The molecular formula is C11H18ClN3O2S. The van der Waals surface area contributed by atoms with Crippen LogP contribution < -0.4 is 4.72 Å². The predicted octanol–water partition coefficient (Wildman–Crippen LogP) is 1.93. The second-order valence-electron chi connectivity index (χ2n) is 5.03. The first kappa shape index (κ1) is 13.8. The molecule has 0 radical (unpaired) electrons. The van der Waals surface area contributed by atoms with Crippen LogP contribution in [-0.4, -0.2) is 24.0 Å². The summed E-state index contributed by atoms with van der Waals surface area (Å²) < 4.78 is 28.5. The Morgan fingerprint density at radius 2 is 2.00 bits per heavy atom. The quantitative estimate of drug-likeness (QED) is 0.925. The molecule has 0 atom stereocenters. The molecule has 102 valence electrons. The molecule has 0 aromatic carbocycles. The van der Waals surface area contributed by atoms with Gasteiger partial charge in [-0.05, 0) is 31.6 Å². The number of hydrogen-bond acceptors (Lipinski definition) is 3. The van der Waals surface area contributed by atoms with Crippen LogP contribution in [0.1, 0.15) is 32.6 Å². The summed E-state index contributed by atoms with van der Waals surface area (Å²) in [4.78, 5) is 3.85. The summed E-state index contributed by atoms with van der Waals surface area (Å²) in [6.07, 6.45) is 5.28. The van der Waals surface area contributed by atoms with Crippen LogP contribution in [0.3, 0.4) is 0 Å². The van der Waals surface area contributed by atoms with Gasteiger partial charge in [0.15, 0.2) is 0 Å². The lowest BCUT2D eigenvalue weighted by Gasteiger charge is -2.26. The monoisotopic (exact) mass is 291 g/mol. The summed E-state index contributed by atoms with van der Waals surface area (Å²) >= 11 is 5.92. The first-order valence-electron chi connectivity index (χ1n) is 6.09. The van der Waals surface area contributed by atoms with Crippen LogP contribution >= 0.6 is 11.6 Å². The van der Waals surface area contributed by atoms with Gasteiger partial charge in [0, 0.05) is 13.1 Å². The van der Waals surface area contributed by atoms with Gasteiger partial charge in [0.25, 0.3) is 10.0 Å². The van der Waals surface area contributed by atoms with Crippen molar-refractivity contribution in [3.8, 4) is 0 Å². The number of halogens is 1. The fourth-order valence-corrected chi connectivity index (χ4v) is 3.96. The number of rotatable bonds is 3. The predicted molar refractivity (Wildman–Crippen MR) is 70.0 cm³/mol. The van der Waals surface area contributed by atoms with E-state index in [1.807, 2.05) is 0 Å². The Morgan fingerprint density at radius 3 is 2.50 bits per heavy atom. The van der Waals surface area contributed by atoms with Crippen LogP contribution in [0.4, 0.5) is 0 Å². The number of hydrogen-bond donors (Lipinski definition) is 1. The largest absolute Gasteiger partial charge is 0.324 e. The normalized spacial score (nSPS) is 25.3. The van der Waals surface area contributed by atoms with Gasteiger partial charge in [0.2, 0.25) is 5.03 Å². The summed E-state index contributed by atoms with van der Waals surface area (Å²) in [5.74, 6) is 0.684. The van der Waals surface area contributed by atoms with E-state index in [9.17, 15) is 8.42 Å². The van der Waals surface area contributed by atoms with Crippen LogP contribution in [0.2, 0.25) is 5.15 Å². The average molecular weight is 292 g/mol. The zero-order valence-electron chi connectivity index (χ0n) is 10.6. The third kappa shape index (κ3) is 2.87. The van der Waals surface area contributed by atoms with E-state index in [0.29, 0.717) is 5.92 Å². The third-order valence-corrected chi connectivity index (χ3v) is 5.44. The first-order valence-corrected chi connectivity index (χ1v) is 7.95. The Hall–Kier alpha value is -0.590. The van der Waals surface area contributed by atoms with Crippen molar-refractivity contribution in [2.24, 2.45) is 13.0 Å². The van der Waals surface area contributed by atoms with Gasteiger partial charge >= 0.3 is 0 Å². The minimum atomic E-state index is -3.60. The second-order valence-corrected chi connectivity index (χ2v) is 7.02. The molecule has 0 amide bonds. The molecule has 1 aliphatic rings. The smallest absolute Gasteiger partial charge is 0.261 e. The van der Waals surface area contributed by atoms with Gasteiger partial charge < -0.3 is 4.57 Å². The summed E-state index contributed by atoms with van der Waals surface area (Å²) in [6.45, 7) is 2.19. The van der Waals surface area contributed by atoms with E-state index in [2.05, 4.69) is 16.6 Å². The second kappa shape index (κ2) is 5.19. The van der Waals surface area contributed by atoms with E-state index < -0.39 is 10.0 Å². The highest BCUT2D eigenvalue weighted by atomic mass is 35.5. The molecule has 7 heteroatoms. The highest BCUT2D eigenvalue weighted by molar-refractivity contribution is 7.89. The molecule has 0 aliphatic heterocycles. The molecule has 1 aromatic rings. The zero-order valence-corrected chi connectivity index (χ0v) is 12.1. The number of sulfonamides is 1. The molecule has 1 heterocycles. The lowest BCUT2D eigenvalue weighted by Crippen LogP contribution is -2.37. The fraction of sp³-hybridized carbons (Fsp3) is 0.727. The van der Waals surface area contributed by atoms with E-state index in [4.69, 9.17) is 11.6 Å². The van der Waals surface area contributed by atoms with Crippen molar-refractivity contribution in [1.29, 1.82) is 0 Å². The van der Waals surface area contributed by atoms with Gasteiger partial charge in [-0.25, -0.2) is 18.1 Å². The minimum absolute atomic E-state index is 0.00396. The molecule has 1 N–H and O–H groups in total. The Labute approximate surface area is 113 Å². The molecule has 18 heavy (non-hydrogen) atoms. The number of nitrogens with zero attached hydrogens (tertiary/aromatic N) is 2. The van der Waals surface area contributed by atoms with E-state index in [0.717, 1.165) is 25.7 Å². The standard InChI is InChI=1S/C11H18ClN3O2S/c1-8-3-5-9(6-4-8)14-18(16,17)11-10(12)15(2)7-13-11/h7-9,14H,3-6H2,1-2H3. The Bertz CT molecular complexity index is 518. The van der Waals surface area contributed by atoms with Gasteiger partial charge in [0.05, 0.1) is 6.33 Å². The van der Waals surface area contributed by atoms with Crippen molar-refractivity contribution in [2.45, 2.75) is 43.7 Å². The molecular weight excluding hydrogens is 274 g/mol. The molecule has 0 bridgehead atoms. The summed E-state index contributed by atoms with van der Waals surface area (Å²) in [7, 11) is -1.94. The van der Waals surface area contributed by atoms with Crippen LogP contribution in [0, 0.1) is 5.92 Å². The Kier molecular flexibility index (Phi) is 3.99. The minimum Gasteiger partial charge on any atom is -0.324 e. The highest BCUT2D eigenvalue weighted by Gasteiger charge is 2.27. The average Bonchev–Trinajstić information content (AvgIpc) is 2.63. The number of nitrogens with one attached hydrogen (secondary N) is 1. The van der Waals surface area contributed by atoms with Gasteiger partial charge in [0.1, 0.15) is 5.15 Å². The maximum Gasteiger partial charge on any atom is 0.261 e. The van der Waals surface area contributed by atoms with Gasteiger partial charge in [-0.3, -0.25) is 0 Å². The summed E-state index contributed by atoms with van der Waals surface area (Å²) in [5.41, 5.74) is 0. The van der Waals surface area contributed by atoms with Crippen LogP contribution in [0.25, 0.3) is 0 Å². The molecule has 1 aromatic heterocycles. The molecule has 2 rings (SSSR count). The van der Waals surface area contributed by atoms with Crippen LogP contribution in [-0.2, 0) is 17.1 Å². The zero-order chi connectivity index (χ0) is 13.3. The molecule has 0 saturated heterocycles. The van der Waals surface area contributed by atoms with E-state index >= 15 is 0 Å². The molecule has 0 unspecified atom stereocenters. The van der Waals surface area contributed by atoms with Crippen molar-refractivity contribution in [1.82, 2.24) is 14.3 Å². The highest BCUT2D eigenvalue weighted by Crippen LogP contribution is 2.25. The van der Waals surface area contributed by atoms with Crippen LogP contribution in [0.5, 0.6) is 0 Å². The van der Waals surface area contributed by atoms with Crippen molar-refractivity contribution >= 4 is 21.6 Å². The summed E-state index contributed by atoms with van der Waals surface area (Å²) in [5, 5.41) is 0.0666. The van der Waals surface area contributed by atoms with E-state index in [-0.39, 0.29) is 16.2 Å². The lowest BCUT2D eigenvalue weighted by atomic mass is 9.88. The van der Waals surface area contributed by atoms with Gasteiger partial charge in [-0.1, -0.05) is 18.5 Å². The topological polar surface area (TPSA) is 64.0 Å². The third-order valence-electron chi connectivity index (χ3n) is 3.43. The van der Waals surface area contributed by atoms with E-state index in [1.165, 1.54) is 10.9 Å². The molecule has 1 aliphatic carbocycles. The van der Waals surface area contributed by atoms with Crippen molar-refractivity contribution in [2.75, 3.05) is 0 Å².